The van der Waals surface area contributed by atoms with E-state index in [-0.39, 0.29) is 12.8 Å². The van der Waals surface area contributed by atoms with Crippen LogP contribution in [0.5, 0.6) is 0 Å². The van der Waals surface area contributed by atoms with Crippen molar-refractivity contribution in [1.29, 1.82) is 0 Å². The number of benzene rings is 1. The van der Waals surface area contributed by atoms with E-state index in [4.69, 9.17) is 0 Å². The number of rotatable bonds is 4. The van der Waals surface area contributed by atoms with Gasteiger partial charge in [-0.2, -0.15) is 0 Å². The van der Waals surface area contributed by atoms with E-state index in [1.54, 1.807) is 6.20 Å². The van der Waals surface area contributed by atoms with Gasteiger partial charge in [0.15, 0.2) is 0 Å². The number of hydrogen-bond donors (Lipinski definition) is 1. The second-order valence-electron chi connectivity index (χ2n) is 7.77. The summed E-state index contributed by atoms with van der Waals surface area (Å²) in [4.78, 5) is 11.3. The maximum absolute atomic E-state index is 13.3. The van der Waals surface area contributed by atoms with Crippen LogP contribution in [0.4, 0.5) is 14.6 Å². The summed E-state index contributed by atoms with van der Waals surface area (Å²) >= 11 is 0. The Balaban J connectivity index is 1.33. The summed E-state index contributed by atoms with van der Waals surface area (Å²) in [5.74, 6) is -1.06. The second-order valence-corrected chi connectivity index (χ2v) is 7.77. The van der Waals surface area contributed by atoms with E-state index in [0.29, 0.717) is 25.0 Å². The third kappa shape index (κ3) is 4.29. The van der Waals surface area contributed by atoms with Gasteiger partial charge < -0.3 is 10.2 Å². The molecule has 26 heavy (non-hydrogen) atoms. The van der Waals surface area contributed by atoms with Crippen molar-refractivity contribution in [2.45, 2.75) is 50.5 Å². The zero-order valence-corrected chi connectivity index (χ0v) is 15.0. The van der Waals surface area contributed by atoms with Crippen LogP contribution in [0.2, 0.25) is 0 Å². The van der Waals surface area contributed by atoms with Gasteiger partial charge in [-0.1, -0.05) is 18.6 Å². The number of nitrogens with one attached hydrogen (secondary N) is 1. The SMILES string of the molecule is FC1(F)CCN(C[C@@H]2CCC[C@@H](Nc3cnc4ccccc4n3)C2)CC1. The molecule has 4 nitrogen and oxygen atoms in total. The highest BCUT2D eigenvalue weighted by Gasteiger charge is 2.35. The molecule has 1 saturated carbocycles. The summed E-state index contributed by atoms with van der Waals surface area (Å²) in [5.41, 5.74) is 1.81. The Labute approximate surface area is 153 Å². The molecule has 1 N–H and O–H groups in total. The van der Waals surface area contributed by atoms with Crippen molar-refractivity contribution in [3.63, 3.8) is 0 Å². The number of aromatic nitrogens is 2. The quantitative estimate of drug-likeness (QED) is 0.881. The number of nitrogens with zero attached hydrogens (tertiary/aromatic N) is 3. The van der Waals surface area contributed by atoms with Gasteiger partial charge >= 0.3 is 0 Å². The summed E-state index contributed by atoms with van der Waals surface area (Å²) in [7, 11) is 0. The van der Waals surface area contributed by atoms with E-state index in [2.05, 4.69) is 20.2 Å². The Morgan fingerprint density at radius 1 is 1.12 bits per heavy atom. The summed E-state index contributed by atoms with van der Waals surface area (Å²) in [5, 5.41) is 3.54. The van der Waals surface area contributed by atoms with Crippen molar-refractivity contribution >= 4 is 16.9 Å². The van der Waals surface area contributed by atoms with Crippen molar-refractivity contribution in [1.82, 2.24) is 14.9 Å². The summed E-state index contributed by atoms with van der Waals surface area (Å²) < 4.78 is 26.6. The van der Waals surface area contributed by atoms with Crippen LogP contribution >= 0.6 is 0 Å². The Hall–Kier alpha value is -1.82. The van der Waals surface area contributed by atoms with Gasteiger partial charge in [0.05, 0.1) is 17.2 Å². The van der Waals surface area contributed by atoms with Crippen molar-refractivity contribution in [2.75, 3.05) is 25.0 Å². The second kappa shape index (κ2) is 7.43. The van der Waals surface area contributed by atoms with Gasteiger partial charge in [-0.25, -0.2) is 13.8 Å². The van der Waals surface area contributed by atoms with Gasteiger partial charge in [0, 0.05) is 38.5 Å². The van der Waals surface area contributed by atoms with Crippen LogP contribution in [0.3, 0.4) is 0 Å². The van der Waals surface area contributed by atoms with Crippen molar-refractivity contribution in [3.8, 4) is 0 Å². The van der Waals surface area contributed by atoms with Crippen LogP contribution in [0.25, 0.3) is 11.0 Å². The van der Waals surface area contributed by atoms with Crippen molar-refractivity contribution < 1.29 is 8.78 Å². The lowest BCUT2D eigenvalue weighted by Gasteiger charge is -2.37. The zero-order chi connectivity index (χ0) is 18.0. The van der Waals surface area contributed by atoms with E-state index in [9.17, 15) is 8.78 Å². The molecule has 1 aliphatic carbocycles. The maximum Gasteiger partial charge on any atom is 0.250 e. The van der Waals surface area contributed by atoms with Crippen LogP contribution < -0.4 is 5.32 Å². The van der Waals surface area contributed by atoms with E-state index in [1.165, 1.54) is 12.8 Å². The van der Waals surface area contributed by atoms with Gasteiger partial charge in [0.25, 0.3) is 5.92 Å². The Bertz CT molecular complexity index is 741. The average molecular weight is 360 g/mol. The standard InChI is InChI=1S/C20H26F2N4/c21-20(22)8-10-26(11-9-20)14-15-4-3-5-16(12-15)24-19-13-23-17-6-1-2-7-18(17)25-19/h1-2,6-7,13,15-16H,3-5,8-12,14H2,(H,24,25)/t15-,16-/m1/s1. The minimum atomic E-state index is -2.46. The molecule has 0 spiro atoms. The van der Waals surface area contributed by atoms with Gasteiger partial charge in [-0.05, 0) is 37.3 Å². The fraction of sp³-hybridized carbons (Fsp3) is 0.600. The zero-order valence-electron chi connectivity index (χ0n) is 15.0. The van der Waals surface area contributed by atoms with Crippen LogP contribution in [-0.2, 0) is 0 Å². The number of alkyl halides is 2. The first-order valence-electron chi connectivity index (χ1n) is 9.66. The van der Waals surface area contributed by atoms with Gasteiger partial charge in [0.1, 0.15) is 5.82 Å². The lowest BCUT2D eigenvalue weighted by molar-refractivity contribution is -0.0581. The van der Waals surface area contributed by atoms with Crippen LogP contribution in [0.15, 0.2) is 30.5 Å². The largest absolute Gasteiger partial charge is 0.366 e. The molecule has 2 aromatic rings. The van der Waals surface area contributed by atoms with Crippen LogP contribution in [-0.4, -0.2) is 46.5 Å². The van der Waals surface area contributed by atoms with Crippen molar-refractivity contribution in [3.05, 3.63) is 30.5 Å². The molecule has 2 heterocycles. The van der Waals surface area contributed by atoms with Crippen molar-refractivity contribution in [2.24, 2.45) is 5.92 Å². The first-order valence-corrected chi connectivity index (χ1v) is 9.66. The molecule has 0 unspecified atom stereocenters. The normalized spacial score (nSPS) is 26.7. The maximum atomic E-state index is 13.3. The number of para-hydroxylation sites is 2. The number of likely N-dealkylation sites (tertiary alicyclic amines) is 1. The highest BCUT2D eigenvalue weighted by Crippen LogP contribution is 2.31. The van der Waals surface area contributed by atoms with E-state index in [1.807, 2.05) is 24.3 Å². The lowest BCUT2D eigenvalue weighted by atomic mass is 9.85. The molecule has 2 aliphatic rings. The Morgan fingerprint density at radius 3 is 2.69 bits per heavy atom. The van der Waals surface area contributed by atoms with Gasteiger partial charge in [-0.3, -0.25) is 4.98 Å². The number of fused-ring (bicyclic) bond motifs is 1. The number of anilines is 1. The molecular weight excluding hydrogens is 334 g/mol. The summed E-state index contributed by atoms with van der Waals surface area (Å²) in [6.07, 6.45) is 6.38. The van der Waals surface area contributed by atoms with E-state index < -0.39 is 5.92 Å². The highest BCUT2D eigenvalue weighted by atomic mass is 19.3. The van der Waals surface area contributed by atoms with E-state index in [0.717, 1.165) is 36.2 Å². The van der Waals surface area contributed by atoms with E-state index >= 15 is 0 Å². The smallest absolute Gasteiger partial charge is 0.250 e. The minimum absolute atomic E-state index is 0.00801. The molecule has 1 aliphatic heterocycles. The molecule has 6 heteroatoms. The number of piperidine rings is 1. The van der Waals surface area contributed by atoms with Gasteiger partial charge in [0.2, 0.25) is 0 Å². The molecule has 1 saturated heterocycles. The molecule has 2 atom stereocenters. The topological polar surface area (TPSA) is 41.0 Å². The molecule has 1 aromatic heterocycles. The molecule has 0 bridgehead atoms. The number of hydrogen-bond acceptors (Lipinski definition) is 4. The molecule has 4 rings (SSSR count). The molecule has 0 amide bonds. The molecular formula is C20H26F2N4. The predicted octanol–water partition coefficient (Wildman–Crippen LogP) is 4.33. The van der Waals surface area contributed by atoms with Crippen LogP contribution in [0.1, 0.15) is 38.5 Å². The van der Waals surface area contributed by atoms with Gasteiger partial charge in [-0.15, -0.1) is 0 Å². The average Bonchev–Trinajstić information content (AvgIpc) is 2.64. The fourth-order valence-electron chi connectivity index (χ4n) is 4.25. The minimum Gasteiger partial charge on any atom is -0.366 e. The fourth-order valence-corrected chi connectivity index (χ4v) is 4.25. The molecule has 140 valence electrons. The first kappa shape index (κ1) is 17.6. The molecule has 2 fully saturated rings. The predicted molar refractivity (Wildman–Crippen MR) is 99.5 cm³/mol. The highest BCUT2D eigenvalue weighted by molar-refractivity contribution is 5.75. The number of halogens is 2. The summed E-state index contributed by atoms with van der Waals surface area (Å²) in [6.45, 7) is 1.99. The lowest BCUT2D eigenvalue weighted by Crippen LogP contribution is -2.43. The molecule has 1 aromatic carbocycles. The Kier molecular flexibility index (Phi) is 5.02. The van der Waals surface area contributed by atoms with Crippen LogP contribution in [0, 0.1) is 5.92 Å². The third-order valence-corrected chi connectivity index (χ3v) is 5.69. The third-order valence-electron chi connectivity index (χ3n) is 5.69. The Morgan fingerprint density at radius 2 is 1.88 bits per heavy atom. The molecule has 0 radical (unpaired) electrons. The monoisotopic (exact) mass is 360 g/mol. The first-order chi connectivity index (χ1) is 12.6. The summed E-state index contributed by atoms with van der Waals surface area (Å²) in [6, 6.07) is 8.26.